The lowest BCUT2D eigenvalue weighted by Crippen LogP contribution is -2.13. The zero-order chi connectivity index (χ0) is 7.61. The second kappa shape index (κ2) is 2.49. The molecule has 0 spiro atoms. The zero-order valence-corrected chi connectivity index (χ0v) is 6.85. The molecule has 0 bridgehead atoms. The van der Waals surface area contributed by atoms with Gasteiger partial charge in [-0.15, -0.1) is 0 Å². The number of hydrogen-bond donors (Lipinski definition) is 0. The summed E-state index contributed by atoms with van der Waals surface area (Å²) in [4.78, 5) is 0. The van der Waals surface area contributed by atoms with E-state index in [9.17, 15) is 0 Å². The van der Waals surface area contributed by atoms with Crippen LogP contribution in [0.2, 0.25) is 0 Å². The van der Waals surface area contributed by atoms with Gasteiger partial charge in [0.15, 0.2) is 0 Å². The van der Waals surface area contributed by atoms with Crippen molar-refractivity contribution in [3.63, 3.8) is 0 Å². The average Bonchev–Trinajstić information content (AvgIpc) is 2.38. The zero-order valence-electron chi connectivity index (χ0n) is 6.85. The quantitative estimate of drug-likeness (QED) is 0.612. The molecule has 0 saturated heterocycles. The van der Waals surface area contributed by atoms with Crippen molar-refractivity contribution in [2.24, 2.45) is 0 Å². The lowest BCUT2D eigenvalue weighted by Gasteiger charge is -2.19. The van der Waals surface area contributed by atoms with Crippen LogP contribution in [0.1, 0.15) is 32.8 Å². The number of hydrogen-bond acceptors (Lipinski definition) is 1. The topological polar surface area (TPSA) is 13.1 Å². The van der Waals surface area contributed by atoms with Gasteiger partial charge in [0, 0.05) is 0 Å². The van der Waals surface area contributed by atoms with E-state index in [2.05, 4.69) is 20.8 Å². The molecule has 0 aliphatic heterocycles. The Bertz CT molecular complexity index is 185. The van der Waals surface area contributed by atoms with Gasteiger partial charge in [0.2, 0.25) is 0 Å². The fourth-order valence-corrected chi connectivity index (χ4v) is 0.854. The van der Waals surface area contributed by atoms with Crippen LogP contribution in [-0.4, -0.2) is 0 Å². The van der Waals surface area contributed by atoms with Gasteiger partial charge in [-0.2, -0.15) is 0 Å². The van der Waals surface area contributed by atoms with Crippen molar-refractivity contribution < 1.29 is 4.42 Å². The first-order valence-electron chi connectivity index (χ1n) is 3.69. The molecule has 1 heteroatoms. The summed E-state index contributed by atoms with van der Waals surface area (Å²) in [5.74, 6) is 0. The fourth-order valence-electron chi connectivity index (χ4n) is 0.854. The van der Waals surface area contributed by atoms with Crippen LogP contribution in [0.15, 0.2) is 23.0 Å². The molecule has 1 aromatic rings. The molecule has 0 saturated carbocycles. The maximum absolute atomic E-state index is 5.00. The van der Waals surface area contributed by atoms with Crippen LogP contribution in [-0.2, 0) is 5.41 Å². The van der Waals surface area contributed by atoms with E-state index in [0.717, 1.165) is 6.42 Å². The van der Waals surface area contributed by atoms with Crippen LogP contribution in [0.25, 0.3) is 0 Å². The molecule has 1 aromatic heterocycles. The maximum Gasteiger partial charge on any atom is 0.0939 e. The van der Waals surface area contributed by atoms with E-state index in [1.807, 2.05) is 12.3 Å². The predicted octanol–water partition coefficient (Wildman–Crippen LogP) is 2.97. The molecule has 0 N–H and O–H groups in total. The fraction of sp³-hybridized carbons (Fsp3) is 0.556. The van der Waals surface area contributed by atoms with Gasteiger partial charge in [0.1, 0.15) is 0 Å². The Morgan fingerprint density at radius 1 is 1.50 bits per heavy atom. The van der Waals surface area contributed by atoms with E-state index in [4.69, 9.17) is 4.42 Å². The Morgan fingerprint density at radius 3 is 2.60 bits per heavy atom. The predicted molar refractivity (Wildman–Crippen MR) is 42.0 cm³/mol. The van der Waals surface area contributed by atoms with Crippen LogP contribution in [0, 0.1) is 0 Å². The molecule has 10 heavy (non-hydrogen) atoms. The Labute approximate surface area is 62.1 Å². The van der Waals surface area contributed by atoms with Gasteiger partial charge < -0.3 is 4.42 Å². The van der Waals surface area contributed by atoms with Crippen LogP contribution >= 0.6 is 0 Å². The van der Waals surface area contributed by atoms with Crippen LogP contribution in [0.4, 0.5) is 0 Å². The van der Waals surface area contributed by atoms with Crippen molar-refractivity contribution in [1.29, 1.82) is 0 Å². The van der Waals surface area contributed by atoms with Gasteiger partial charge in [-0.3, -0.25) is 0 Å². The molecule has 0 fully saturated rings. The Kier molecular flexibility index (Phi) is 1.84. The summed E-state index contributed by atoms with van der Waals surface area (Å²) in [5, 5.41) is 0. The molecule has 56 valence electrons. The van der Waals surface area contributed by atoms with Gasteiger partial charge >= 0.3 is 0 Å². The first-order valence-corrected chi connectivity index (χ1v) is 3.69. The Balaban J connectivity index is 2.85. The van der Waals surface area contributed by atoms with Gasteiger partial charge in [0.25, 0.3) is 0 Å². The SMILES string of the molecule is CCC(C)(C)c1ccoc1. The first kappa shape index (κ1) is 7.39. The van der Waals surface area contributed by atoms with Crippen molar-refractivity contribution >= 4 is 0 Å². The second-order valence-corrected chi connectivity index (χ2v) is 3.25. The number of furan rings is 1. The van der Waals surface area contributed by atoms with Gasteiger partial charge in [0.05, 0.1) is 12.5 Å². The van der Waals surface area contributed by atoms with Crippen molar-refractivity contribution in [1.82, 2.24) is 0 Å². The Morgan fingerprint density at radius 2 is 2.20 bits per heavy atom. The molecular formula is C9H14O. The maximum atomic E-state index is 5.00. The van der Waals surface area contributed by atoms with E-state index in [-0.39, 0.29) is 5.41 Å². The van der Waals surface area contributed by atoms with Gasteiger partial charge in [-0.25, -0.2) is 0 Å². The molecule has 0 aliphatic carbocycles. The van der Waals surface area contributed by atoms with E-state index in [1.54, 1.807) is 6.26 Å². The summed E-state index contributed by atoms with van der Waals surface area (Å²) in [7, 11) is 0. The minimum absolute atomic E-state index is 0.271. The summed E-state index contributed by atoms with van der Waals surface area (Å²) in [6.07, 6.45) is 4.70. The van der Waals surface area contributed by atoms with Crippen LogP contribution in [0.3, 0.4) is 0 Å². The van der Waals surface area contributed by atoms with Crippen LogP contribution < -0.4 is 0 Å². The highest BCUT2D eigenvalue weighted by Crippen LogP contribution is 2.26. The largest absolute Gasteiger partial charge is 0.472 e. The smallest absolute Gasteiger partial charge is 0.0939 e. The monoisotopic (exact) mass is 138 g/mol. The summed E-state index contributed by atoms with van der Waals surface area (Å²) < 4.78 is 5.00. The second-order valence-electron chi connectivity index (χ2n) is 3.25. The summed E-state index contributed by atoms with van der Waals surface area (Å²) in [5.41, 5.74) is 1.56. The highest BCUT2D eigenvalue weighted by atomic mass is 16.3. The summed E-state index contributed by atoms with van der Waals surface area (Å²) >= 11 is 0. The third-order valence-electron chi connectivity index (χ3n) is 2.19. The third-order valence-corrected chi connectivity index (χ3v) is 2.19. The van der Waals surface area contributed by atoms with Gasteiger partial charge in [-0.05, 0) is 23.5 Å². The first-order chi connectivity index (χ1) is 4.67. The minimum Gasteiger partial charge on any atom is -0.472 e. The van der Waals surface area contributed by atoms with Crippen molar-refractivity contribution in [2.45, 2.75) is 32.6 Å². The van der Waals surface area contributed by atoms with Gasteiger partial charge in [-0.1, -0.05) is 20.8 Å². The van der Waals surface area contributed by atoms with Crippen LogP contribution in [0.5, 0.6) is 0 Å². The molecule has 1 heterocycles. The molecule has 0 amide bonds. The molecular weight excluding hydrogens is 124 g/mol. The summed E-state index contributed by atoms with van der Waals surface area (Å²) in [6, 6.07) is 2.03. The number of rotatable bonds is 2. The lowest BCUT2D eigenvalue weighted by atomic mass is 9.84. The normalized spacial score (nSPS) is 11.9. The molecule has 1 rings (SSSR count). The molecule has 1 nitrogen and oxygen atoms in total. The van der Waals surface area contributed by atoms with E-state index in [1.165, 1.54) is 5.56 Å². The van der Waals surface area contributed by atoms with E-state index >= 15 is 0 Å². The van der Waals surface area contributed by atoms with E-state index < -0.39 is 0 Å². The minimum atomic E-state index is 0.271. The third kappa shape index (κ3) is 1.23. The Hall–Kier alpha value is -0.720. The highest BCUT2D eigenvalue weighted by molar-refractivity contribution is 5.16. The lowest BCUT2D eigenvalue weighted by molar-refractivity contribution is 0.489. The van der Waals surface area contributed by atoms with E-state index in [0.29, 0.717) is 0 Å². The average molecular weight is 138 g/mol. The molecule has 0 radical (unpaired) electrons. The summed E-state index contributed by atoms with van der Waals surface area (Å²) in [6.45, 7) is 6.63. The van der Waals surface area contributed by atoms with Crippen molar-refractivity contribution in [2.75, 3.05) is 0 Å². The van der Waals surface area contributed by atoms with Crippen molar-refractivity contribution in [3.05, 3.63) is 24.2 Å². The molecule has 0 atom stereocenters. The van der Waals surface area contributed by atoms with Crippen molar-refractivity contribution in [3.8, 4) is 0 Å². The standard InChI is InChI=1S/C9H14O/c1-4-9(2,3)8-5-6-10-7-8/h5-7H,4H2,1-3H3. The molecule has 0 aromatic carbocycles. The molecule has 0 aliphatic rings. The molecule has 0 unspecified atom stereocenters. The highest BCUT2D eigenvalue weighted by Gasteiger charge is 2.18.